The van der Waals surface area contributed by atoms with Gasteiger partial charge in [-0.05, 0) is 78.6 Å². The number of tetrazole rings is 1. The Balaban J connectivity index is 1.48. The van der Waals surface area contributed by atoms with Crippen molar-refractivity contribution in [1.82, 2.24) is 20.2 Å². The Morgan fingerprint density at radius 2 is 1.84 bits per heavy atom. The summed E-state index contributed by atoms with van der Waals surface area (Å²) in [5, 5.41) is 18.3. The minimum atomic E-state index is -0.578. The topological polar surface area (TPSA) is 103 Å². The molecule has 1 aromatic heterocycles. The van der Waals surface area contributed by atoms with Gasteiger partial charge < -0.3 is 20.1 Å². The molecule has 1 amide bonds. The third kappa shape index (κ3) is 4.82. The van der Waals surface area contributed by atoms with Gasteiger partial charge in [-0.25, -0.2) is 0 Å². The molecule has 194 valence electrons. The maximum Gasteiger partial charge on any atom is 0.255 e. The van der Waals surface area contributed by atoms with E-state index in [2.05, 4.69) is 45.2 Å². The molecule has 0 saturated carbocycles. The Bertz CT molecular complexity index is 1540. The highest BCUT2D eigenvalue weighted by Crippen LogP contribution is 2.39. The number of nitrogens with one attached hydrogen (secondary N) is 2. The number of allylic oxidation sites excluding steroid dienone is 1. The fourth-order valence-corrected chi connectivity index (χ4v) is 4.63. The quantitative estimate of drug-likeness (QED) is 0.356. The third-order valence-corrected chi connectivity index (χ3v) is 6.79. The molecule has 0 spiro atoms. The maximum atomic E-state index is 13.7. The van der Waals surface area contributed by atoms with E-state index in [-0.39, 0.29) is 5.91 Å². The van der Waals surface area contributed by atoms with Crippen LogP contribution in [0, 0.1) is 20.8 Å². The van der Waals surface area contributed by atoms with Gasteiger partial charge in [-0.2, -0.15) is 4.68 Å². The van der Waals surface area contributed by atoms with E-state index in [1.165, 1.54) is 5.56 Å². The summed E-state index contributed by atoms with van der Waals surface area (Å²) in [5.74, 6) is 1.36. The number of nitrogens with zero attached hydrogens (tertiary/aromatic N) is 4. The number of ether oxygens (including phenoxy) is 2. The Kier molecular flexibility index (Phi) is 6.83. The lowest BCUT2D eigenvalue weighted by Gasteiger charge is -2.28. The van der Waals surface area contributed by atoms with Crippen molar-refractivity contribution in [3.8, 4) is 11.5 Å². The normalized spacial score (nSPS) is 14.5. The molecule has 1 aliphatic heterocycles. The summed E-state index contributed by atoms with van der Waals surface area (Å²) in [7, 11) is 1.60. The van der Waals surface area contributed by atoms with Crippen LogP contribution in [-0.4, -0.2) is 33.2 Å². The number of benzene rings is 3. The standard InChI is InChI=1S/C29H30N6O3/c1-17-8-6-10-21(14-17)16-38-24-13-12-22(15-25(24)37-5)27-26(20(4)30-29-32-33-34-35(27)29)28(36)31-23-11-7-9-18(2)19(23)3/h6-15,27H,16H2,1-5H3,(H,31,36)(H,30,32,34). The van der Waals surface area contributed by atoms with E-state index in [1.807, 2.05) is 69.3 Å². The number of fused-ring (bicyclic) bond motifs is 1. The van der Waals surface area contributed by atoms with E-state index in [0.29, 0.717) is 35.3 Å². The number of aromatic nitrogens is 4. The average molecular weight is 511 g/mol. The SMILES string of the molecule is COc1cc(C2C(C(=O)Nc3cccc(C)c3C)=C(C)Nc3nnnn32)ccc1OCc1cccc(C)c1. The summed E-state index contributed by atoms with van der Waals surface area (Å²) in [6, 6.07) is 19.1. The molecule has 0 aliphatic carbocycles. The van der Waals surface area contributed by atoms with E-state index in [0.717, 1.165) is 27.9 Å². The first-order valence-electron chi connectivity index (χ1n) is 12.3. The highest BCUT2D eigenvalue weighted by Gasteiger charge is 2.34. The third-order valence-electron chi connectivity index (χ3n) is 6.79. The predicted octanol–water partition coefficient (Wildman–Crippen LogP) is 5.11. The first-order chi connectivity index (χ1) is 18.4. The zero-order chi connectivity index (χ0) is 26.8. The molecule has 2 heterocycles. The van der Waals surface area contributed by atoms with Crippen molar-refractivity contribution in [1.29, 1.82) is 0 Å². The molecule has 0 bridgehead atoms. The van der Waals surface area contributed by atoms with Crippen LogP contribution < -0.4 is 20.1 Å². The molecule has 38 heavy (non-hydrogen) atoms. The van der Waals surface area contributed by atoms with Crippen LogP contribution in [0.3, 0.4) is 0 Å². The van der Waals surface area contributed by atoms with Crippen molar-refractivity contribution >= 4 is 17.5 Å². The van der Waals surface area contributed by atoms with Gasteiger partial charge in [0.1, 0.15) is 12.6 Å². The maximum absolute atomic E-state index is 13.7. The Morgan fingerprint density at radius 1 is 1.03 bits per heavy atom. The highest BCUT2D eigenvalue weighted by atomic mass is 16.5. The minimum Gasteiger partial charge on any atom is -0.493 e. The van der Waals surface area contributed by atoms with Gasteiger partial charge in [-0.15, -0.1) is 0 Å². The lowest BCUT2D eigenvalue weighted by atomic mass is 9.94. The number of amides is 1. The molecule has 1 aliphatic rings. The molecular weight excluding hydrogens is 480 g/mol. The van der Waals surface area contributed by atoms with E-state index in [1.54, 1.807) is 11.8 Å². The van der Waals surface area contributed by atoms with Crippen LogP contribution in [0.1, 0.15) is 40.8 Å². The molecule has 3 aromatic carbocycles. The number of methoxy groups -OCH3 is 1. The lowest BCUT2D eigenvalue weighted by molar-refractivity contribution is -0.113. The monoisotopic (exact) mass is 510 g/mol. The van der Waals surface area contributed by atoms with E-state index < -0.39 is 6.04 Å². The number of hydrogen-bond donors (Lipinski definition) is 2. The number of hydrogen-bond acceptors (Lipinski definition) is 7. The van der Waals surface area contributed by atoms with Gasteiger partial charge in [0.25, 0.3) is 5.91 Å². The Hall–Kier alpha value is -4.66. The van der Waals surface area contributed by atoms with Gasteiger partial charge in [-0.1, -0.05) is 53.1 Å². The van der Waals surface area contributed by atoms with Crippen molar-refractivity contribution in [2.75, 3.05) is 17.7 Å². The molecule has 2 N–H and O–H groups in total. The molecule has 9 heteroatoms. The Morgan fingerprint density at radius 3 is 2.63 bits per heavy atom. The lowest BCUT2D eigenvalue weighted by Crippen LogP contribution is -2.31. The molecular formula is C29H30N6O3. The summed E-state index contributed by atoms with van der Waals surface area (Å²) in [5.41, 5.74) is 7.06. The second kappa shape index (κ2) is 10.4. The number of rotatable bonds is 7. The molecule has 0 fully saturated rings. The van der Waals surface area contributed by atoms with Gasteiger partial charge in [-0.3, -0.25) is 4.79 Å². The summed E-state index contributed by atoms with van der Waals surface area (Å²) in [6.07, 6.45) is 0. The van der Waals surface area contributed by atoms with Crippen LogP contribution in [0.2, 0.25) is 0 Å². The van der Waals surface area contributed by atoms with E-state index in [9.17, 15) is 4.79 Å². The largest absolute Gasteiger partial charge is 0.493 e. The molecule has 9 nitrogen and oxygen atoms in total. The van der Waals surface area contributed by atoms with Crippen molar-refractivity contribution in [3.63, 3.8) is 0 Å². The zero-order valence-corrected chi connectivity index (χ0v) is 22.1. The molecule has 0 saturated heterocycles. The van der Waals surface area contributed by atoms with Gasteiger partial charge >= 0.3 is 0 Å². The van der Waals surface area contributed by atoms with Gasteiger partial charge in [0.05, 0.1) is 12.7 Å². The molecule has 4 aromatic rings. The first kappa shape index (κ1) is 25.0. The summed E-state index contributed by atoms with van der Waals surface area (Å²) >= 11 is 0. The van der Waals surface area contributed by atoms with Crippen molar-refractivity contribution in [3.05, 3.63) is 99.8 Å². The number of aryl methyl sites for hydroxylation is 2. The average Bonchev–Trinajstić information content (AvgIpc) is 3.37. The van der Waals surface area contributed by atoms with Crippen molar-refractivity contribution in [2.24, 2.45) is 0 Å². The number of carbonyl (C=O) groups is 1. The molecule has 1 unspecified atom stereocenters. The smallest absolute Gasteiger partial charge is 0.255 e. The number of anilines is 2. The van der Waals surface area contributed by atoms with Gasteiger partial charge in [0.15, 0.2) is 11.5 Å². The van der Waals surface area contributed by atoms with Crippen LogP contribution in [-0.2, 0) is 11.4 Å². The fourth-order valence-electron chi connectivity index (χ4n) is 4.63. The summed E-state index contributed by atoms with van der Waals surface area (Å²) in [4.78, 5) is 13.7. The number of carbonyl (C=O) groups excluding carboxylic acids is 1. The minimum absolute atomic E-state index is 0.242. The van der Waals surface area contributed by atoms with Crippen LogP contribution in [0.4, 0.5) is 11.6 Å². The summed E-state index contributed by atoms with van der Waals surface area (Å²) in [6.45, 7) is 8.31. The Labute approximate surface area is 221 Å². The zero-order valence-electron chi connectivity index (χ0n) is 22.1. The van der Waals surface area contributed by atoms with Crippen LogP contribution in [0.15, 0.2) is 71.9 Å². The fraction of sp³-hybridized carbons (Fsp3) is 0.241. The molecule has 5 rings (SSSR count). The van der Waals surface area contributed by atoms with Crippen LogP contribution in [0.25, 0.3) is 0 Å². The van der Waals surface area contributed by atoms with E-state index in [4.69, 9.17) is 9.47 Å². The second-order valence-electron chi connectivity index (χ2n) is 9.40. The molecule has 0 radical (unpaired) electrons. The predicted molar refractivity (Wildman–Crippen MR) is 145 cm³/mol. The summed E-state index contributed by atoms with van der Waals surface area (Å²) < 4.78 is 13.4. The first-order valence-corrected chi connectivity index (χ1v) is 12.3. The van der Waals surface area contributed by atoms with Crippen molar-refractivity contribution < 1.29 is 14.3 Å². The van der Waals surface area contributed by atoms with Gasteiger partial charge in [0, 0.05) is 11.4 Å². The van der Waals surface area contributed by atoms with Gasteiger partial charge in [0.2, 0.25) is 5.95 Å². The van der Waals surface area contributed by atoms with Crippen LogP contribution >= 0.6 is 0 Å². The highest BCUT2D eigenvalue weighted by molar-refractivity contribution is 6.06. The van der Waals surface area contributed by atoms with Crippen molar-refractivity contribution in [2.45, 2.75) is 40.3 Å². The second-order valence-corrected chi connectivity index (χ2v) is 9.40. The molecule has 1 atom stereocenters. The van der Waals surface area contributed by atoms with Crippen LogP contribution in [0.5, 0.6) is 11.5 Å². The van der Waals surface area contributed by atoms with E-state index >= 15 is 0 Å².